The molecule has 0 aromatic heterocycles. The highest BCUT2D eigenvalue weighted by Crippen LogP contribution is 2.32. The minimum atomic E-state index is -1.14. The van der Waals surface area contributed by atoms with Crippen molar-refractivity contribution < 1.29 is 29.0 Å². The standard InChI is InChI=1S/C22H26N2O2.C12H22N2O2/c1-13-9-15(3)19(16(4)10-13)23-7-8-24(21(23)22(25)26)20-17(5)11-14(2)12-18(20)6;1-11(2,3)13-7-8-14(12(4,5)6)9(13)10(15)16/h9-12H,7-8H2,1-6H3;7-8H2,1-6H3. The van der Waals surface area contributed by atoms with Crippen LogP contribution in [0.25, 0.3) is 0 Å². The van der Waals surface area contributed by atoms with Crippen molar-refractivity contribution in [3.05, 3.63) is 57.6 Å². The maximum absolute atomic E-state index is 12.1. The molecule has 2 aliphatic heterocycles. The molecule has 0 saturated heterocycles. The summed E-state index contributed by atoms with van der Waals surface area (Å²) in [6, 6.07) is 8.39. The molecule has 2 heterocycles. The van der Waals surface area contributed by atoms with E-state index < -0.39 is 11.9 Å². The van der Waals surface area contributed by atoms with Crippen molar-refractivity contribution in [2.45, 2.75) is 94.2 Å². The van der Waals surface area contributed by atoms with E-state index >= 15 is 0 Å². The third-order valence-electron chi connectivity index (χ3n) is 7.91. The number of carboxylic acids is 2. The third-order valence-corrected chi connectivity index (χ3v) is 7.91. The van der Waals surface area contributed by atoms with Crippen LogP contribution < -0.4 is 15.1 Å². The van der Waals surface area contributed by atoms with Gasteiger partial charge in [-0.15, -0.1) is 0 Å². The van der Waals surface area contributed by atoms with Gasteiger partial charge < -0.3 is 19.8 Å². The maximum atomic E-state index is 12.1. The van der Waals surface area contributed by atoms with E-state index in [1.807, 2.05) is 88.2 Å². The van der Waals surface area contributed by atoms with Crippen LogP contribution in [0.5, 0.6) is 0 Å². The fraction of sp³-hybridized carbons (Fsp3) is 0.529. The van der Waals surface area contributed by atoms with Crippen LogP contribution in [0.2, 0.25) is 0 Å². The Morgan fingerprint density at radius 3 is 1.55 bits per heavy atom. The number of benzene rings is 2. The van der Waals surface area contributed by atoms with E-state index in [-0.39, 0.29) is 16.9 Å². The van der Waals surface area contributed by atoms with Crippen molar-refractivity contribution >= 4 is 35.0 Å². The first-order valence-electron chi connectivity index (χ1n) is 14.7. The molecule has 228 valence electrons. The SMILES string of the molecule is CC(C)(C)N1CC[N+](C(C)(C)C)=C1C(=O)[O-].Cc1cc(C)c(N2CC[N+](c3c(C)cc(C)cc3C)=C2C(=O)[O-])c(C)c1. The van der Waals surface area contributed by atoms with Crippen LogP contribution >= 0.6 is 0 Å². The predicted molar refractivity (Wildman–Crippen MR) is 165 cm³/mol. The summed E-state index contributed by atoms with van der Waals surface area (Å²) in [6.45, 7) is 27.1. The predicted octanol–water partition coefficient (Wildman–Crippen LogP) is 2.91. The number of anilines is 1. The van der Waals surface area contributed by atoms with Crippen LogP contribution in [0.4, 0.5) is 11.4 Å². The van der Waals surface area contributed by atoms with E-state index in [0.717, 1.165) is 46.7 Å². The first kappa shape index (κ1) is 32.8. The monoisotopic (exact) mass is 576 g/mol. The van der Waals surface area contributed by atoms with Crippen molar-refractivity contribution in [3.8, 4) is 0 Å². The number of hydrogen-bond acceptors (Lipinski definition) is 6. The lowest BCUT2D eigenvalue weighted by atomic mass is 10.0. The van der Waals surface area contributed by atoms with Gasteiger partial charge in [0.2, 0.25) is 0 Å². The highest BCUT2D eigenvalue weighted by atomic mass is 16.4. The number of carbonyl (C=O) groups is 2. The largest absolute Gasteiger partial charge is 0.538 e. The van der Waals surface area contributed by atoms with Crippen LogP contribution in [0.15, 0.2) is 24.3 Å². The quantitative estimate of drug-likeness (QED) is 0.520. The van der Waals surface area contributed by atoms with Gasteiger partial charge in [-0.3, -0.25) is 9.48 Å². The average molecular weight is 577 g/mol. The zero-order valence-electron chi connectivity index (χ0n) is 27.6. The topological polar surface area (TPSA) is 92.8 Å². The molecule has 0 aliphatic carbocycles. The van der Waals surface area contributed by atoms with Gasteiger partial charge in [0.1, 0.15) is 37.6 Å². The van der Waals surface area contributed by atoms with E-state index in [4.69, 9.17) is 0 Å². The number of aryl methyl sites for hydroxylation is 6. The fourth-order valence-electron chi connectivity index (χ4n) is 6.49. The minimum Gasteiger partial charge on any atom is -0.538 e. The Bertz CT molecular complexity index is 1430. The molecule has 0 bridgehead atoms. The summed E-state index contributed by atoms with van der Waals surface area (Å²) in [4.78, 5) is 27.2. The Balaban J connectivity index is 0.000000260. The molecule has 0 N–H and O–H groups in total. The Labute approximate surface area is 251 Å². The van der Waals surface area contributed by atoms with Gasteiger partial charge >= 0.3 is 5.84 Å². The summed E-state index contributed by atoms with van der Waals surface area (Å²) < 4.78 is 3.81. The van der Waals surface area contributed by atoms with E-state index in [1.54, 1.807) is 0 Å². The van der Waals surface area contributed by atoms with Crippen molar-refractivity contribution in [3.63, 3.8) is 0 Å². The minimum absolute atomic E-state index is 0.185. The van der Waals surface area contributed by atoms with Gasteiger partial charge in [0.05, 0.1) is 11.1 Å². The lowest BCUT2D eigenvalue weighted by Crippen LogP contribution is -2.53. The molecular formula is C34H48N4O4. The van der Waals surface area contributed by atoms with Crippen molar-refractivity contribution in [1.29, 1.82) is 0 Å². The molecule has 2 aromatic rings. The molecule has 0 saturated carbocycles. The molecule has 0 radical (unpaired) electrons. The molecule has 42 heavy (non-hydrogen) atoms. The molecule has 4 rings (SSSR count). The number of carboxylic acid groups (broad SMARTS) is 2. The Morgan fingerprint density at radius 2 is 1.14 bits per heavy atom. The van der Waals surface area contributed by atoms with E-state index in [1.165, 1.54) is 11.1 Å². The average Bonchev–Trinajstić information content (AvgIpc) is 3.44. The highest BCUT2D eigenvalue weighted by molar-refractivity contribution is 6.37. The molecule has 0 spiro atoms. The van der Waals surface area contributed by atoms with Crippen molar-refractivity contribution in [1.82, 2.24) is 4.90 Å². The first-order valence-corrected chi connectivity index (χ1v) is 14.7. The normalized spacial score (nSPS) is 15.8. The smallest absolute Gasteiger partial charge is 0.305 e. The second-order valence-electron chi connectivity index (χ2n) is 13.7. The highest BCUT2D eigenvalue weighted by Gasteiger charge is 2.42. The Kier molecular flexibility index (Phi) is 9.30. The summed E-state index contributed by atoms with van der Waals surface area (Å²) in [6.07, 6.45) is 0. The number of rotatable bonds is 4. The first-order chi connectivity index (χ1) is 19.2. The zero-order chi connectivity index (χ0) is 31.9. The van der Waals surface area contributed by atoms with Gasteiger partial charge in [-0.2, -0.15) is 0 Å². The maximum Gasteiger partial charge on any atom is 0.305 e. The number of amidine groups is 2. The second kappa shape index (κ2) is 11.9. The summed E-state index contributed by atoms with van der Waals surface area (Å²) in [5.74, 6) is -1.67. The lowest BCUT2D eigenvalue weighted by Gasteiger charge is -2.28. The van der Waals surface area contributed by atoms with E-state index in [2.05, 4.69) is 38.1 Å². The molecule has 0 unspecified atom stereocenters. The molecule has 8 heteroatoms. The number of hydrogen-bond donors (Lipinski definition) is 0. The van der Waals surface area contributed by atoms with Gasteiger partial charge in [-0.05, 0) is 105 Å². The van der Waals surface area contributed by atoms with Crippen LogP contribution in [-0.2, 0) is 9.59 Å². The van der Waals surface area contributed by atoms with Crippen molar-refractivity contribution in [2.75, 3.05) is 31.1 Å². The molecule has 0 amide bonds. The lowest BCUT2D eigenvalue weighted by molar-refractivity contribution is -0.589. The van der Waals surface area contributed by atoms with E-state index in [9.17, 15) is 19.8 Å². The number of carbonyl (C=O) groups excluding carboxylic acids is 2. The van der Waals surface area contributed by atoms with Gasteiger partial charge in [-0.1, -0.05) is 35.4 Å². The molecule has 2 aromatic carbocycles. The fourth-order valence-corrected chi connectivity index (χ4v) is 6.49. The summed E-state index contributed by atoms with van der Waals surface area (Å²) >= 11 is 0. The number of aliphatic carboxylic acids is 2. The van der Waals surface area contributed by atoms with Gasteiger partial charge in [0, 0.05) is 0 Å². The number of nitrogens with zero attached hydrogens (tertiary/aromatic N) is 4. The van der Waals surface area contributed by atoms with E-state index in [0.29, 0.717) is 18.9 Å². The second-order valence-corrected chi connectivity index (χ2v) is 13.7. The Hall–Kier alpha value is -3.68. The van der Waals surface area contributed by atoms with Crippen LogP contribution in [-0.4, -0.2) is 74.9 Å². The summed E-state index contributed by atoms with van der Waals surface area (Å²) in [5.41, 5.74) is 8.27. The van der Waals surface area contributed by atoms with Crippen LogP contribution in [0.3, 0.4) is 0 Å². The van der Waals surface area contributed by atoms with Crippen LogP contribution in [0.1, 0.15) is 74.9 Å². The summed E-state index contributed by atoms with van der Waals surface area (Å²) in [7, 11) is 0. The molecule has 2 aliphatic rings. The van der Waals surface area contributed by atoms with Gasteiger partial charge in [-0.25, -0.2) is 9.48 Å². The molecular weight excluding hydrogens is 528 g/mol. The molecule has 0 fully saturated rings. The van der Waals surface area contributed by atoms with Crippen LogP contribution in [0, 0.1) is 41.5 Å². The van der Waals surface area contributed by atoms with Gasteiger partial charge in [0.15, 0.2) is 11.9 Å². The molecule has 0 atom stereocenters. The Morgan fingerprint density at radius 1 is 0.690 bits per heavy atom. The third kappa shape index (κ3) is 6.69. The zero-order valence-corrected chi connectivity index (χ0v) is 27.6. The summed E-state index contributed by atoms with van der Waals surface area (Å²) in [5, 5.41) is 23.4. The van der Waals surface area contributed by atoms with Gasteiger partial charge in [0.25, 0.3) is 5.84 Å². The molecule has 8 nitrogen and oxygen atoms in total. The van der Waals surface area contributed by atoms with Crippen molar-refractivity contribution in [2.24, 2.45) is 0 Å².